The first kappa shape index (κ1) is 12.8. The lowest BCUT2D eigenvalue weighted by atomic mass is 10.2. The molecule has 5 heteroatoms. The van der Waals surface area contributed by atoms with Gasteiger partial charge in [0.05, 0.1) is 24.4 Å². The molecule has 0 fully saturated rings. The van der Waals surface area contributed by atoms with E-state index < -0.39 is 0 Å². The lowest BCUT2D eigenvalue weighted by molar-refractivity contribution is 0.595. The van der Waals surface area contributed by atoms with Gasteiger partial charge in [-0.15, -0.1) is 0 Å². The fourth-order valence-electron chi connectivity index (χ4n) is 1.96. The SMILES string of the molecule is CCNCCCn1cncc1-c1cnn(CC)c1. The maximum absolute atomic E-state index is 4.30. The second-order valence-corrected chi connectivity index (χ2v) is 4.26. The van der Waals surface area contributed by atoms with E-state index in [4.69, 9.17) is 0 Å². The number of imidazole rings is 1. The van der Waals surface area contributed by atoms with E-state index in [1.807, 2.05) is 23.4 Å². The molecule has 0 saturated heterocycles. The van der Waals surface area contributed by atoms with Crippen LogP contribution in [0.4, 0.5) is 0 Å². The van der Waals surface area contributed by atoms with Gasteiger partial charge in [0, 0.05) is 24.8 Å². The number of nitrogens with one attached hydrogen (secondary N) is 1. The van der Waals surface area contributed by atoms with E-state index in [1.54, 1.807) is 0 Å². The minimum Gasteiger partial charge on any atom is -0.330 e. The molecule has 98 valence electrons. The Morgan fingerprint density at radius 2 is 2.17 bits per heavy atom. The zero-order chi connectivity index (χ0) is 12.8. The quantitative estimate of drug-likeness (QED) is 0.758. The first-order chi connectivity index (χ1) is 8.85. The van der Waals surface area contributed by atoms with Crippen LogP contribution in [0.25, 0.3) is 11.3 Å². The molecule has 1 N–H and O–H groups in total. The first-order valence-corrected chi connectivity index (χ1v) is 6.58. The minimum absolute atomic E-state index is 0.897. The summed E-state index contributed by atoms with van der Waals surface area (Å²) in [6.07, 6.45) is 8.88. The van der Waals surface area contributed by atoms with Gasteiger partial charge in [0.15, 0.2) is 0 Å². The molecular formula is C13H21N5. The Morgan fingerprint density at radius 3 is 2.89 bits per heavy atom. The summed E-state index contributed by atoms with van der Waals surface area (Å²) in [5.74, 6) is 0. The lowest BCUT2D eigenvalue weighted by Crippen LogP contribution is -2.16. The monoisotopic (exact) mass is 247 g/mol. The summed E-state index contributed by atoms with van der Waals surface area (Å²) >= 11 is 0. The van der Waals surface area contributed by atoms with Crippen molar-refractivity contribution in [2.75, 3.05) is 13.1 Å². The maximum Gasteiger partial charge on any atom is 0.0950 e. The Labute approximate surface area is 108 Å². The molecule has 0 bridgehead atoms. The van der Waals surface area contributed by atoms with Crippen LogP contribution in [0.15, 0.2) is 24.9 Å². The van der Waals surface area contributed by atoms with Crippen LogP contribution in [0.5, 0.6) is 0 Å². The predicted molar refractivity (Wildman–Crippen MR) is 72.3 cm³/mol. The summed E-state index contributed by atoms with van der Waals surface area (Å²) < 4.78 is 4.12. The molecule has 2 rings (SSSR count). The van der Waals surface area contributed by atoms with Crippen molar-refractivity contribution >= 4 is 0 Å². The second kappa shape index (κ2) is 6.35. The Morgan fingerprint density at radius 1 is 1.28 bits per heavy atom. The third-order valence-corrected chi connectivity index (χ3v) is 2.97. The molecule has 0 aliphatic rings. The number of aromatic nitrogens is 4. The Hall–Kier alpha value is -1.62. The Kier molecular flexibility index (Phi) is 4.52. The van der Waals surface area contributed by atoms with Crippen molar-refractivity contribution in [3.8, 4) is 11.3 Å². The summed E-state index contributed by atoms with van der Waals surface area (Å²) in [5.41, 5.74) is 2.28. The molecule has 0 unspecified atom stereocenters. The van der Waals surface area contributed by atoms with Crippen molar-refractivity contribution in [1.29, 1.82) is 0 Å². The minimum atomic E-state index is 0.897. The van der Waals surface area contributed by atoms with E-state index in [9.17, 15) is 0 Å². The summed E-state index contributed by atoms with van der Waals surface area (Å²) in [6, 6.07) is 0. The Bertz CT molecular complexity index is 471. The standard InChI is InChI=1S/C13H21N5/c1-3-14-6-5-7-17-11-15-9-13(17)12-8-16-18(4-2)10-12/h8-11,14H,3-7H2,1-2H3. The van der Waals surface area contributed by atoms with Gasteiger partial charge in [0.25, 0.3) is 0 Å². The highest BCUT2D eigenvalue weighted by molar-refractivity contribution is 5.56. The van der Waals surface area contributed by atoms with Crippen LogP contribution in [-0.2, 0) is 13.1 Å². The number of aryl methyl sites for hydroxylation is 2. The van der Waals surface area contributed by atoms with Crippen LogP contribution in [0.2, 0.25) is 0 Å². The number of hydrogen-bond donors (Lipinski definition) is 1. The van der Waals surface area contributed by atoms with Gasteiger partial charge in [-0.2, -0.15) is 5.10 Å². The highest BCUT2D eigenvalue weighted by atomic mass is 15.3. The highest BCUT2D eigenvalue weighted by Gasteiger charge is 2.06. The summed E-state index contributed by atoms with van der Waals surface area (Å²) in [6.45, 7) is 8.17. The molecule has 5 nitrogen and oxygen atoms in total. The molecule has 18 heavy (non-hydrogen) atoms. The zero-order valence-electron chi connectivity index (χ0n) is 11.1. The molecule has 0 radical (unpaired) electrons. The molecule has 2 aromatic rings. The molecule has 0 saturated carbocycles. The molecule has 0 spiro atoms. The van der Waals surface area contributed by atoms with Crippen molar-refractivity contribution in [3.63, 3.8) is 0 Å². The molecule has 2 aromatic heterocycles. The maximum atomic E-state index is 4.30. The summed E-state index contributed by atoms with van der Waals surface area (Å²) in [7, 11) is 0. The third kappa shape index (κ3) is 2.98. The van der Waals surface area contributed by atoms with Gasteiger partial charge >= 0.3 is 0 Å². The molecule has 0 aliphatic heterocycles. The molecule has 2 heterocycles. The molecule has 0 aromatic carbocycles. The summed E-state index contributed by atoms with van der Waals surface area (Å²) in [4.78, 5) is 4.24. The van der Waals surface area contributed by atoms with E-state index >= 15 is 0 Å². The predicted octanol–water partition coefficient (Wildman–Crippen LogP) is 1.77. The van der Waals surface area contributed by atoms with Gasteiger partial charge in [-0.3, -0.25) is 4.68 Å². The topological polar surface area (TPSA) is 47.7 Å². The van der Waals surface area contributed by atoms with Crippen LogP contribution in [0.3, 0.4) is 0 Å². The van der Waals surface area contributed by atoms with Gasteiger partial charge < -0.3 is 9.88 Å². The lowest BCUT2D eigenvalue weighted by Gasteiger charge is -2.06. The average molecular weight is 247 g/mol. The highest BCUT2D eigenvalue weighted by Crippen LogP contribution is 2.18. The second-order valence-electron chi connectivity index (χ2n) is 4.26. The fraction of sp³-hybridized carbons (Fsp3) is 0.538. The van der Waals surface area contributed by atoms with Gasteiger partial charge in [-0.25, -0.2) is 4.98 Å². The van der Waals surface area contributed by atoms with Crippen molar-refractivity contribution in [2.24, 2.45) is 0 Å². The molecule has 0 aliphatic carbocycles. The molecule has 0 atom stereocenters. The van der Waals surface area contributed by atoms with Crippen molar-refractivity contribution < 1.29 is 0 Å². The van der Waals surface area contributed by atoms with Crippen LogP contribution in [0, 0.1) is 0 Å². The largest absolute Gasteiger partial charge is 0.330 e. The van der Waals surface area contributed by atoms with Gasteiger partial charge in [-0.1, -0.05) is 6.92 Å². The number of nitrogens with zero attached hydrogens (tertiary/aromatic N) is 4. The van der Waals surface area contributed by atoms with Crippen LogP contribution < -0.4 is 5.32 Å². The average Bonchev–Trinajstić information content (AvgIpc) is 3.02. The van der Waals surface area contributed by atoms with Crippen LogP contribution >= 0.6 is 0 Å². The number of hydrogen-bond acceptors (Lipinski definition) is 3. The smallest absolute Gasteiger partial charge is 0.0950 e. The summed E-state index contributed by atoms with van der Waals surface area (Å²) in [5, 5.41) is 7.64. The van der Waals surface area contributed by atoms with Crippen molar-refractivity contribution in [3.05, 3.63) is 24.9 Å². The van der Waals surface area contributed by atoms with Crippen LogP contribution in [0.1, 0.15) is 20.3 Å². The van der Waals surface area contributed by atoms with Crippen LogP contribution in [-0.4, -0.2) is 32.4 Å². The van der Waals surface area contributed by atoms with E-state index in [-0.39, 0.29) is 0 Å². The molecule has 0 amide bonds. The van der Waals surface area contributed by atoms with E-state index in [1.165, 1.54) is 0 Å². The zero-order valence-corrected chi connectivity index (χ0v) is 11.1. The van der Waals surface area contributed by atoms with E-state index in [0.717, 1.165) is 43.9 Å². The first-order valence-electron chi connectivity index (χ1n) is 6.58. The number of rotatable bonds is 7. The normalized spacial score (nSPS) is 11.0. The van der Waals surface area contributed by atoms with Crippen molar-refractivity contribution in [1.82, 2.24) is 24.6 Å². The van der Waals surface area contributed by atoms with Gasteiger partial charge in [-0.05, 0) is 26.4 Å². The Balaban J connectivity index is 2.02. The van der Waals surface area contributed by atoms with Crippen molar-refractivity contribution in [2.45, 2.75) is 33.4 Å². The van der Waals surface area contributed by atoms with E-state index in [0.29, 0.717) is 0 Å². The molecular weight excluding hydrogens is 226 g/mol. The van der Waals surface area contributed by atoms with E-state index in [2.05, 4.69) is 40.0 Å². The third-order valence-electron chi connectivity index (χ3n) is 2.97. The van der Waals surface area contributed by atoms with Gasteiger partial charge in [0.1, 0.15) is 0 Å². The fourth-order valence-corrected chi connectivity index (χ4v) is 1.96. The van der Waals surface area contributed by atoms with Gasteiger partial charge in [0.2, 0.25) is 0 Å².